The molecule has 0 radical (unpaired) electrons. The van der Waals surface area contributed by atoms with Crippen LogP contribution in [0.25, 0.3) is 0 Å². The molecule has 0 saturated carbocycles. The Morgan fingerprint density at radius 2 is 1.80 bits per heavy atom. The molecule has 7 nitrogen and oxygen atoms in total. The number of rotatable bonds is 7. The maximum absolute atomic E-state index is 13.2. The van der Waals surface area contributed by atoms with Crippen molar-refractivity contribution in [3.63, 3.8) is 0 Å². The van der Waals surface area contributed by atoms with E-state index < -0.39 is 10.0 Å². The Kier molecular flexibility index (Phi) is 6.26. The third-order valence-electron chi connectivity index (χ3n) is 4.85. The van der Waals surface area contributed by atoms with Crippen LogP contribution in [0.4, 0.5) is 5.69 Å². The van der Waals surface area contributed by atoms with Crippen LogP contribution in [0.5, 0.6) is 0 Å². The van der Waals surface area contributed by atoms with E-state index in [0.29, 0.717) is 17.8 Å². The molecule has 0 bridgehead atoms. The lowest BCUT2D eigenvalue weighted by Gasteiger charge is -2.27. The Morgan fingerprint density at radius 3 is 2.40 bits per heavy atom. The molecule has 0 aliphatic rings. The van der Waals surface area contributed by atoms with E-state index >= 15 is 0 Å². The topological polar surface area (TPSA) is 75.5 Å². The molecule has 2 aromatic carbocycles. The third kappa shape index (κ3) is 4.54. The predicted octanol–water partition coefficient (Wildman–Crippen LogP) is 3.30. The molecule has 0 fully saturated rings. The highest BCUT2D eigenvalue weighted by atomic mass is 32.2. The standard InChI is InChI=1S/C22H26N4O3S/c1-17(2)26(16-18-14-23-24(3)15-18)22(27)19-9-8-12-21(13-19)30(28,29)25(4)20-10-6-5-7-11-20/h5-15,17H,16H2,1-4H3. The molecule has 0 aliphatic heterocycles. The van der Waals surface area contributed by atoms with Gasteiger partial charge in [-0.25, -0.2) is 8.42 Å². The molecule has 0 aliphatic carbocycles. The van der Waals surface area contributed by atoms with Crippen molar-refractivity contribution in [1.82, 2.24) is 14.7 Å². The van der Waals surface area contributed by atoms with Gasteiger partial charge in [-0.05, 0) is 44.2 Å². The first-order valence-electron chi connectivity index (χ1n) is 9.62. The van der Waals surface area contributed by atoms with Crippen molar-refractivity contribution in [2.45, 2.75) is 31.3 Å². The van der Waals surface area contributed by atoms with Gasteiger partial charge < -0.3 is 4.90 Å². The molecule has 0 unspecified atom stereocenters. The van der Waals surface area contributed by atoms with E-state index in [1.54, 1.807) is 52.2 Å². The van der Waals surface area contributed by atoms with Crippen LogP contribution in [0.15, 0.2) is 71.9 Å². The zero-order chi connectivity index (χ0) is 21.9. The van der Waals surface area contributed by atoms with Gasteiger partial charge in [0.15, 0.2) is 0 Å². The minimum atomic E-state index is -3.80. The van der Waals surface area contributed by atoms with Crippen molar-refractivity contribution in [2.75, 3.05) is 11.4 Å². The smallest absolute Gasteiger partial charge is 0.264 e. The number of para-hydroxylation sites is 1. The van der Waals surface area contributed by atoms with Gasteiger partial charge in [-0.1, -0.05) is 24.3 Å². The van der Waals surface area contributed by atoms with Gasteiger partial charge in [-0.15, -0.1) is 0 Å². The van der Waals surface area contributed by atoms with Crippen molar-refractivity contribution in [1.29, 1.82) is 0 Å². The number of carbonyl (C=O) groups excluding carboxylic acids is 1. The van der Waals surface area contributed by atoms with Crippen LogP contribution in [0.2, 0.25) is 0 Å². The van der Waals surface area contributed by atoms with Gasteiger partial charge in [0.25, 0.3) is 15.9 Å². The second-order valence-electron chi connectivity index (χ2n) is 7.38. The fourth-order valence-electron chi connectivity index (χ4n) is 3.13. The summed E-state index contributed by atoms with van der Waals surface area (Å²) in [5.74, 6) is -0.228. The summed E-state index contributed by atoms with van der Waals surface area (Å²) in [4.78, 5) is 15.0. The van der Waals surface area contributed by atoms with Gasteiger partial charge in [0.1, 0.15) is 0 Å². The number of nitrogens with zero attached hydrogens (tertiary/aromatic N) is 4. The number of carbonyl (C=O) groups is 1. The number of anilines is 1. The first-order valence-corrected chi connectivity index (χ1v) is 11.1. The van der Waals surface area contributed by atoms with Crippen LogP contribution < -0.4 is 4.31 Å². The number of sulfonamides is 1. The second-order valence-corrected chi connectivity index (χ2v) is 9.35. The summed E-state index contributed by atoms with van der Waals surface area (Å²) in [5, 5.41) is 4.15. The van der Waals surface area contributed by atoms with Crippen molar-refractivity contribution in [2.24, 2.45) is 7.05 Å². The van der Waals surface area contributed by atoms with E-state index in [4.69, 9.17) is 0 Å². The first-order chi connectivity index (χ1) is 14.2. The number of amides is 1. The highest BCUT2D eigenvalue weighted by Gasteiger charge is 2.25. The summed E-state index contributed by atoms with van der Waals surface area (Å²) in [6.07, 6.45) is 3.58. The molecule has 0 saturated heterocycles. The lowest BCUT2D eigenvalue weighted by Crippen LogP contribution is -2.36. The fourth-order valence-corrected chi connectivity index (χ4v) is 4.37. The van der Waals surface area contributed by atoms with Gasteiger partial charge in [0, 0.05) is 44.0 Å². The van der Waals surface area contributed by atoms with Crippen LogP contribution in [0, 0.1) is 0 Å². The maximum atomic E-state index is 13.2. The Morgan fingerprint density at radius 1 is 1.10 bits per heavy atom. The maximum Gasteiger partial charge on any atom is 0.264 e. The molecule has 1 aromatic heterocycles. The van der Waals surface area contributed by atoms with Crippen molar-refractivity contribution >= 4 is 21.6 Å². The van der Waals surface area contributed by atoms with Crippen molar-refractivity contribution < 1.29 is 13.2 Å². The van der Waals surface area contributed by atoms with Crippen molar-refractivity contribution in [3.05, 3.63) is 78.1 Å². The summed E-state index contributed by atoms with van der Waals surface area (Å²) in [7, 11) is -0.476. The molecular weight excluding hydrogens is 400 g/mol. The van der Waals surface area contributed by atoms with Gasteiger partial charge in [0.05, 0.1) is 16.8 Å². The number of aryl methyl sites for hydroxylation is 1. The van der Waals surface area contributed by atoms with Crippen LogP contribution in [0.3, 0.4) is 0 Å². The van der Waals surface area contributed by atoms with E-state index in [2.05, 4.69) is 5.10 Å². The largest absolute Gasteiger partial charge is 0.332 e. The quantitative estimate of drug-likeness (QED) is 0.581. The summed E-state index contributed by atoms with van der Waals surface area (Å²) in [6.45, 7) is 4.25. The van der Waals surface area contributed by atoms with E-state index in [9.17, 15) is 13.2 Å². The molecule has 0 atom stereocenters. The SMILES string of the molecule is CC(C)N(Cc1cnn(C)c1)C(=O)c1cccc(S(=O)(=O)N(C)c2ccccc2)c1. The van der Waals surface area contributed by atoms with Crippen molar-refractivity contribution in [3.8, 4) is 0 Å². The van der Waals surface area contributed by atoms with Gasteiger partial charge >= 0.3 is 0 Å². The van der Waals surface area contributed by atoms with Gasteiger partial charge in [0.2, 0.25) is 0 Å². The number of hydrogen-bond acceptors (Lipinski definition) is 4. The van der Waals surface area contributed by atoms with E-state index in [1.165, 1.54) is 23.5 Å². The number of benzene rings is 2. The average Bonchev–Trinajstić information content (AvgIpc) is 3.16. The Balaban J connectivity index is 1.90. The van der Waals surface area contributed by atoms with Crippen LogP contribution >= 0.6 is 0 Å². The molecule has 8 heteroatoms. The molecule has 3 rings (SSSR count). The zero-order valence-electron chi connectivity index (χ0n) is 17.6. The molecule has 3 aromatic rings. The summed E-state index contributed by atoms with van der Waals surface area (Å²) < 4.78 is 29.1. The molecule has 30 heavy (non-hydrogen) atoms. The molecule has 0 spiro atoms. The lowest BCUT2D eigenvalue weighted by molar-refractivity contribution is 0.0690. The average molecular weight is 427 g/mol. The first kappa shape index (κ1) is 21.6. The normalized spacial score (nSPS) is 11.5. The highest BCUT2D eigenvalue weighted by Crippen LogP contribution is 2.23. The number of hydrogen-bond donors (Lipinski definition) is 0. The monoisotopic (exact) mass is 426 g/mol. The number of aromatic nitrogens is 2. The van der Waals surface area contributed by atoms with E-state index in [-0.39, 0.29) is 16.8 Å². The Labute approximate surface area is 177 Å². The molecule has 1 amide bonds. The molecule has 158 valence electrons. The molecular formula is C22H26N4O3S. The molecule has 1 heterocycles. The summed E-state index contributed by atoms with van der Waals surface area (Å²) in [5.41, 5.74) is 1.79. The van der Waals surface area contributed by atoms with Gasteiger partial charge in [-0.3, -0.25) is 13.8 Å². The lowest BCUT2D eigenvalue weighted by atomic mass is 10.1. The zero-order valence-corrected chi connectivity index (χ0v) is 18.4. The van der Waals surface area contributed by atoms with E-state index in [0.717, 1.165) is 5.56 Å². The summed E-state index contributed by atoms with van der Waals surface area (Å²) in [6, 6.07) is 14.9. The third-order valence-corrected chi connectivity index (χ3v) is 6.64. The van der Waals surface area contributed by atoms with Crippen LogP contribution in [0.1, 0.15) is 29.8 Å². The fraction of sp³-hybridized carbons (Fsp3) is 0.273. The minimum absolute atomic E-state index is 0.0649. The van der Waals surface area contributed by atoms with E-state index in [1.807, 2.05) is 33.2 Å². The van der Waals surface area contributed by atoms with Gasteiger partial charge in [-0.2, -0.15) is 5.10 Å². The molecule has 0 N–H and O–H groups in total. The minimum Gasteiger partial charge on any atom is -0.332 e. The Hall–Kier alpha value is -3.13. The Bertz CT molecular complexity index is 1120. The van der Waals surface area contributed by atoms with Crippen LogP contribution in [-0.4, -0.2) is 42.1 Å². The predicted molar refractivity (Wildman–Crippen MR) is 117 cm³/mol. The summed E-state index contributed by atoms with van der Waals surface area (Å²) >= 11 is 0. The van der Waals surface area contributed by atoms with Crippen LogP contribution in [-0.2, 0) is 23.6 Å². The highest BCUT2D eigenvalue weighted by molar-refractivity contribution is 7.92. The second kappa shape index (κ2) is 8.71.